The Balaban J connectivity index is 1.46. The smallest absolute Gasteiger partial charge is 0.241 e. The number of aromatic nitrogens is 1. The van der Waals surface area contributed by atoms with Gasteiger partial charge in [-0.25, -0.2) is 4.98 Å². The molecular formula is C22H22N4OS. The number of fused-ring (bicyclic) bond motifs is 1. The quantitative estimate of drug-likeness (QED) is 0.718. The van der Waals surface area contributed by atoms with Crippen LogP contribution in [-0.4, -0.2) is 34.9 Å². The molecule has 0 bridgehead atoms. The molecular weight excluding hydrogens is 368 g/mol. The summed E-state index contributed by atoms with van der Waals surface area (Å²) in [5.41, 5.74) is 2.11. The number of carbonyl (C=O) groups excluding carboxylic acids is 1. The molecule has 2 aromatic carbocycles. The number of likely N-dealkylation sites (tertiary alicyclic amines) is 1. The Morgan fingerprint density at radius 3 is 2.89 bits per heavy atom. The van der Waals surface area contributed by atoms with Crippen molar-refractivity contribution in [2.75, 3.05) is 18.4 Å². The zero-order valence-electron chi connectivity index (χ0n) is 15.8. The summed E-state index contributed by atoms with van der Waals surface area (Å²) in [6.45, 7) is 3.66. The van der Waals surface area contributed by atoms with Gasteiger partial charge in [0.25, 0.3) is 0 Å². The standard InChI is InChI=1S/C22H22N4OS/c1-15(21(27)24-18-9-3-2-7-16(18)13-23)26-12-6-8-17(14-26)22-25-19-10-4-5-11-20(19)28-22/h2-5,7,9-11,15,17H,6,8,12,14H2,1H3,(H,24,27)/t15-,17+/m1/s1. The third-order valence-corrected chi connectivity index (χ3v) is 6.54. The SMILES string of the molecule is C[C@H](C(=O)Nc1ccccc1C#N)N1CCC[C@H](c2nc3ccccc3s2)C1. The fourth-order valence-corrected chi connectivity index (χ4v) is 4.81. The fourth-order valence-electron chi connectivity index (χ4n) is 3.72. The number of anilines is 1. The van der Waals surface area contributed by atoms with Gasteiger partial charge in [0.15, 0.2) is 0 Å². The maximum atomic E-state index is 12.8. The number of thiazole rings is 1. The van der Waals surface area contributed by atoms with Gasteiger partial charge in [0, 0.05) is 12.5 Å². The molecule has 1 aliphatic rings. The Kier molecular flexibility index (Phi) is 5.38. The minimum atomic E-state index is -0.260. The van der Waals surface area contributed by atoms with Crippen molar-refractivity contribution in [3.05, 3.63) is 59.1 Å². The lowest BCUT2D eigenvalue weighted by Gasteiger charge is -2.35. The number of carbonyl (C=O) groups is 1. The normalized spacial score (nSPS) is 18.5. The van der Waals surface area contributed by atoms with Gasteiger partial charge in [-0.2, -0.15) is 5.26 Å². The summed E-state index contributed by atoms with van der Waals surface area (Å²) in [5.74, 6) is 0.278. The van der Waals surface area contributed by atoms with Crippen LogP contribution >= 0.6 is 11.3 Å². The first kappa shape index (κ1) is 18.6. The third-order valence-electron chi connectivity index (χ3n) is 5.35. The van der Waals surface area contributed by atoms with E-state index >= 15 is 0 Å². The molecule has 1 saturated heterocycles. The number of benzene rings is 2. The van der Waals surface area contributed by atoms with Crippen molar-refractivity contribution >= 4 is 33.1 Å². The maximum Gasteiger partial charge on any atom is 0.241 e. The predicted molar refractivity (Wildman–Crippen MR) is 112 cm³/mol. The van der Waals surface area contributed by atoms with Crippen molar-refractivity contribution in [1.29, 1.82) is 5.26 Å². The van der Waals surface area contributed by atoms with Crippen LogP contribution in [0, 0.1) is 11.3 Å². The van der Waals surface area contributed by atoms with Crippen molar-refractivity contribution < 1.29 is 4.79 Å². The molecule has 1 aliphatic heterocycles. The summed E-state index contributed by atoms with van der Waals surface area (Å²) in [6.07, 6.45) is 2.15. The molecule has 1 N–H and O–H groups in total. The first-order valence-electron chi connectivity index (χ1n) is 9.55. The molecule has 0 saturated carbocycles. The molecule has 0 spiro atoms. The van der Waals surface area contributed by atoms with Crippen LogP contribution in [0.2, 0.25) is 0 Å². The van der Waals surface area contributed by atoms with Crippen LogP contribution in [0.15, 0.2) is 48.5 Å². The molecule has 1 fully saturated rings. The van der Waals surface area contributed by atoms with Gasteiger partial charge in [0.1, 0.15) is 6.07 Å². The number of hydrogen-bond acceptors (Lipinski definition) is 5. The maximum absolute atomic E-state index is 12.8. The number of piperidine rings is 1. The molecule has 4 rings (SSSR count). The highest BCUT2D eigenvalue weighted by atomic mass is 32.1. The van der Waals surface area contributed by atoms with E-state index < -0.39 is 0 Å². The van der Waals surface area contributed by atoms with Crippen LogP contribution in [-0.2, 0) is 4.79 Å². The van der Waals surface area contributed by atoms with Crippen LogP contribution < -0.4 is 5.32 Å². The number of nitrogens with one attached hydrogen (secondary N) is 1. The second-order valence-corrected chi connectivity index (χ2v) is 8.24. The van der Waals surface area contributed by atoms with Crippen LogP contribution in [0.5, 0.6) is 0 Å². The van der Waals surface area contributed by atoms with E-state index in [-0.39, 0.29) is 11.9 Å². The van der Waals surface area contributed by atoms with E-state index in [1.165, 1.54) is 4.70 Å². The van der Waals surface area contributed by atoms with E-state index in [2.05, 4.69) is 28.4 Å². The Morgan fingerprint density at radius 1 is 1.29 bits per heavy atom. The number of nitrogens with zero attached hydrogens (tertiary/aromatic N) is 3. The van der Waals surface area contributed by atoms with Crippen LogP contribution in [0.25, 0.3) is 10.2 Å². The lowest BCUT2D eigenvalue weighted by atomic mass is 9.97. The summed E-state index contributed by atoms with van der Waals surface area (Å²) in [4.78, 5) is 19.8. The summed E-state index contributed by atoms with van der Waals surface area (Å²) in [7, 11) is 0. The molecule has 0 radical (unpaired) electrons. The molecule has 0 unspecified atom stereocenters. The Morgan fingerprint density at radius 2 is 2.07 bits per heavy atom. The molecule has 3 aromatic rings. The zero-order chi connectivity index (χ0) is 19.5. The monoisotopic (exact) mass is 390 g/mol. The van der Waals surface area contributed by atoms with Crippen molar-refractivity contribution in [2.24, 2.45) is 0 Å². The van der Waals surface area contributed by atoms with E-state index in [4.69, 9.17) is 4.98 Å². The molecule has 0 aliphatic carbocycles. The predicted octanol–water partition coefficient (Wildman–Crippen LogP) is 4.37. The van der Waals surface area contributed by atoms with E-state index in [1.807, 2.05) is 25.1 Å². The lowest BCUT2D eigenvalue weighted by molar-refractivity contribution is -0.121. The van der Waals surface area contributed by atoms with E-state index in [1.54, 1.807) is 29.5 Å². The Labute approximate surface area is 168 Å². The highest BCUT2D eigenvalue weighted by Gasteiger charge is 2.30. The number of amides is 1. The van der Waals surface area contributed by atoms with E-state index in [0.717, 1.165) is 36.5 Å². The molecule has 1 amide bonds. The van der Waals surface area contributed by atoms with Gasteiger partial charge >= 0.3 is 0 Å². The second-order valence-electron chi connectivity index (χ2n) is 7.18. The number of nitriles is 1. The van der Waals surface area contributed by atoms with Gasteiger partial charge in [-0.15, -0.1) is 11.3 Å². The zero-order valence-corrected chi connectivity index (χ0v) is 16.6. The number of para-hydroxylation sites is 2. The van der Waals surface area contributed by atoms with E-state index in [0.29, 0.717) is 17.2 Å². The van der Waals surface area contributed by atoms with Crippen molar-refractivity contribution in [1.82, 2.24) is 9.88 Å². The van der Waals surface area contributed by atoms with Crippen LogP contribution in [0.3, 0.4) is 0 Å². The summed E-state index contributed by atoms with van der Waals surface area (Å²) >= 11 is 1.76. The molecule has 2 atom stereocenters. The molecule has 6 heteroatoms. The molecule has 1 aromatic heterocycles. The van der Waals surface area contributed by atoms with Gasteiger partial charge in [-0.3, -0.25) is 9.69 Å². The molecule has 5 nitrogen and oxygen atoms in total. The molecule has 142 valence electrons. The minimum Gasteiger partial charge on any atom is -0.324 e. The summed E-state index contributed by atoms with van der Waals surface area (Å²) in [6, 6.07) is 17.2. The van der Waals surface area contributed by atoms with Crippen molar-refractivity contribution in [3.63, 3.8) is 0 Å². The van der Waals surface area contributed by atoms with Gasteiger partial charge in [0.05, 0.1) is 32.5 Å². The summed E-state index contributed by atoms with van der Waals surface area (Å²) < 4.78 is 1.22. The Bertz CT molecular complexity index is 1010. The van der Waals surface area contributed by atoms with Gasteiger partial charge in [-0.05, 0) is 50.6 Å². The lowest BCUT2D eigenvalue weighted by Crippen LogP contribution is -2.46. The first-order valence-corrected chi connectivity index (χ1v) is 10.4. The average molecular weight is 391 g/mol. The van der Waals surface area contributed by atoms with Crippen molar-refractivity contribution in [3.8, 4) is 6.07 Å². The largest absolute Gasteiger partial charge is 0.324 e. The number of rotatable bonds is 4. The molecule has 2 heterocycles. The third kappa shape index (κ3) is 3.77. The van der Waals surface area contributed by atoms with E-state index in [9.17, 15) is 10.1 Å². The van der Waals surface area contributed by atoms with Gasteiger partial charge in [0.2, 0.25) is 5.91 Å². The average Bonchev–Trinajstić information content (AvgIpc) is 3.18. The molecule has 28 heavy (non-hydrogen) atoms. The minimum absolute atomic E-state index is 0.0763. The summed E-state index contributed by atoms with van der Waals surface area (Å²) in [5, 5.41) is 13.3. The van der Waals surface area contributed by atoms with Gasteiger partial charge < -0.3 is 5.32 Å². The van der Waals surface area contributed by atoms with Crippen LogP contribution in [0.4, 0.5) is 5.69 Å². The first-order chi connectivity index (χ1) is 13.7. The highest BCUT2D eigenvalue weighted by molar-refractivity contribution is 7.18. The highest BCUT2D eigenvalue weighted by Crippen LogP contribution is 2.33. The van der Waals surface area contributed by atoms with Gasteiger partial charge in [-0.1, -0.05) is 24.3 Å². The number of hydrogen-bond donors (Lipinski definition) is 1. The topological polar surface area (TPSA) is 69.0 Å². The Hall–Kier alpha value is -2.75. The van der Waals surface area contributed by atoms with Crippen LogP contribution in [0.1, 0.15) is 36.3 Å². The fraction of sp³-hybridized carbons (Fsp3) is 0.318. The second kappa shape index (κ2) is 8.09. The van der Waals surface area contributed by atoms with Crippen molar-refractivity contribution in [2.45, 2.75) is 31.7 Å².